The van der Waals surface area contributed by atoms with E-state index in [1.807, 2.05) is 0 Å². The van der Waals surface area contributed by atoms with E-state index >= 15 is 0 Å². The molecule has 1 fully saturated rings. The second kappa shape index (κ2) is 10.6. The van der Waals surface area contributed by atoms with Crippen LogP contribution in [-0.4, -0.2) is 82.8 Å². The van der Waals surface area contributed by atoms with Gasteiger partial charge in [-0.3, -0.25) is 19.2 Å². The van der Waals surface area contributed by atoms with Crippen molar-refractivity contribution in [1.82, 2.24) is 10.2 Å². The first-order chi connectivity index (χ1) is 13.1. The number of carboxylic acids is 1. The molecule has 0 aromatic carbocycles. The summed E-state index contributed by atoms with van der Waals surface area (Å²) in [7, 11) is 0. The van der Waals surface area contributed by atoms with Crippen LogP contribution in [0.15, 0.2) is 0 Å². The van der Waals surface area contributed by atoms with E-state index < -0.39 is 60.2 Å². The highest BCUT2D eigenvalue weighted by Gasteiger charge is 2.42. The van der Waals surface area contributed by atoms with Crippen LogP contribution in [0.1, 0.15) is 33.6 Å². The van der Waals surface area contributed by atoms with Crippen LogP contribution in [0.5, 0.6) is 0 Å². The molecular formula is C17H26N2O9. The maximum absolute atomic E-state index is 12.6. The number of nitrogens with one attached hydrogen (secondary N) is 1. The first-order valence-corrected chi connectivity index (χ1v) is 8.92. The van der Waals surface area contributed by atoms with E-state index in [9.17, 15) is 34.2 Å². The number of aliphatic hydroxyl groups is 1. The van der Waals surface area contributed by atoms with Crippen LogP contribution in [0.3, 0.4) is 0 Å². The minimum Gasteiger partial charge on any atom is -0.480 e. The Hall–Kier alpha value is -2.69. The molecule has 1 rings (SSSR count). The van der Waals surface area contributed by atoms with Gasteiger partial charge in [-0.1, -0.05) is 0 Å². The van der Waals surface area contributed by atoms with Gasteiger partial charge in [-0.25, -0.2) is 4.79 Å². The minimum absolute atomic E-state index is 0.0337. The number of likely N-dealkylation sites (tertiary alicyclic amines) is 1. The normalized spacial score (nSPS) is 20.8. The van der Waals surface area contributed by atoms with E-state index in [0.717, 1.165) is 4.90 Å². The van der Waals surface area contributed by atoms with Gasteiger partial charge in [-0.05, 0) is 13.8 Å². The summed E-state index contributed by atoms with van der Waals surface area (Å²) in [5.41, 5.74) is 0. The number of esters is 2. The lowest BCUT2D eigenvalue weighted by Gasteiger charge is -2.27. The number of rotatable bonds is 9. The number of ether oxygens (including phenoxy) is 2. The van der Waals surface area contributed by atoms with Crippen molar-refractivity contribution < 1.29 is 43.7 Å². The molecule has 0 unspecified atom stereocenters. The average Bonchev–Trinajstić information content (AvgIpc) is 3.00. The predicted octanol–water partition coefficient (Wildman–Crippen LogP) is -1.33. The third-order valence-corrected chi connectivity index (χ3v) is 4.23. The number of hydrogen-bond acceptors (Lipinski definition) is 8. The molecule has 0 aromatic rings. The molecule has 3 N–H and O–H groups in total. The summed E-state index contributed by atoms with van der Waals surface area (Å²) in [4.78, 5) is 61.1. The Kier molecular flexibility index (Phi) is 8.83. The summed E-state index contributed by atoms with van der Waals surface area (Å²) in [6.45, 7) is 4.20. The van der Waals surface area contributed by atoms with Crippen LogP contribution >= 0.6 is 0 Å². The Morgan fingerprint density at radius 1 is 1.14 bits per heavy atom. The molecule has 0 bridgehead atoms. The van der Waals surface area contributed by atoms with Crippen LogP contribution in [0.4, 0.5) is 0 Å². The molecule has 158 valence electrons. The Balaban J connectivity index is 3.04. The molecule has 1 aliphatic rings. The zero-order valence-corrected chi connectivity index (χ0v) is 16.0. The van der Waals surface area contributed by atoms with Crippen molar-refractivity contribution in [1.29, 1.82) is 0 Å². The van der Waals surface area contributed by atoms with Crippen molar-refractivity contribution in [2.24, 2.45) is 5.92 Å². The van der Waals surface area contributed by atoms with Crippen molar-refractivity contribution in [2.75, 3.05) is 19.8 Å². The summed E-state index contributed by atoms with van der Waals surface area (Å²) >= 11 is 0. The Morgan fingerprint density at radius 3 is 2.25 bits per heavy atom. The highest BCUT2D eigenvalue weighted by atomic mass is 16.5. The first kappa shape index (κ1) is 23.3. The van der Waals surface area contributed by atoms with Crippen LogP contribution in [0, 0.1) is 5.92 Å². The average molecular weight is 402 g/mol. The fourth-order valence-corrected chi connectivity index (χ4v) is 2.98. The van der Waals surface area contributed by atoms with Crippen LogP contribution in [-0.2, 0) is 33.4 Å². The van der Waals surface area contributed by atoms with Gasteiger partial charge in [0.25, 0.3) is 0 Å². The third kappa shape index (κ3) is 6.19. The first-order valence-electron chi connectivity index (χ1n) is 8.92. The van der Waals surface area contributed by atoms with E-state index in [0.29, 0.717) is 0 Å². The fourth-order valence-electron chi connectivity index (χ4n) is 2.98. The number of carboxylic acid groups (broad SMARTS) is 1. The van der Waals surface area contributed by atoms with E-state index in [1.165, 1.54) is 13.8 Å². The molecule has 0 aliphatic carbocycles. The smallest absolute Gasteiger partial charge is 0.327 e. The summed E-state index contributed by atoms with van der Waals surface area (Å²) in [5, 5.41) is 21.4. The van der Waals surface area contributed by atoms with Crippen molar-refractivity contribution in [3.8, 4) is 0 Å². The quantitative estimate of drug-likeness (QED) is 0.397. The summed E-state index contributed by atoms with van der Waals surface area (Å²) < 4.78 is 9.59. The molecule has 1 saturated heterocycles. The van der Waals surface area contributed by atoms with E-state index in [4.69, 9.17) is 9.47 Å². The lowest BCUT2D eigenvalue weighted by molar-refractivity contribution is -0.160. The van der Waals surface area contributed by atoms with Crippen molar-refractivity contribution in [3.63, 3.8) is 0 Å². The van der Waals surface area contributed by atoms with Gasteiger partial charge in [0.15, 0.2) is 0 Å². The van der Waals surface area contributed by atoms with Gasteiger partial charge in [0.2, 0.25) is 11.8 Å². The van der Waals surface area contributed by atoms with Gasteiger partial charge in [0.1, 0.15) is 12.1 Å². The van der Waals surface area contributed by atoms with Crippen molar-refractivity contribution >= 4 is 29.7 Å². The maximum Gasteiger partial charge on any atom is 0.327 e. The third-order valence-electron chi connectivity index (χ3n) is 4.23. The molecule has 28 heavy (non-hydrogen) atoms. The van der Waals surface area contributed by atoms with Gasteiger partial charge < -0.3 is 29.9 Å². The fraction of sp³-hybridized carbons (Fsp3) is 0.706. The van der Waals surface area contributed by atoms with Crippen LogP contribution in [0.25, 0.3) is 0 Å². The Morgan fingerprint density at radius 2 is 1.75 bits per heavy atom. The molecule has 0 aromatic heterocycles. The van der Waals surface area contributed by atoms with Gasteiger partial charge in [0.05, 0.1) is 31.7 Å². The SMILES string of the molecule is CCOC(=O)C[C@@H](C(=O)OCC)[C@H](NC(=O)[C@@H]1C[C@@H](O)CN1C(C)=O)C(=O)O. The number of aliphatic hydroxyl groups excluding tert-OH is 1. The highest BCUT2D eigenvalue weighted by Crippen LogP contribution is 2.20. The lowest BCUT2D eigenvalue weighted by atomic mass is 9.95. The second-order valence-corrected chi connectivity index (χ2v) is 6.27. The van der Waals surface area contributed by atoms with Crippen molar-refractivity contribution in [2.45, 2.75) is 51.8 Å². The number of β-amino-alcohol motifs (C(OH)–C–C–N with tert-alkyl or cyclic N) is 1. The summed E-state index contributed by atoms with van der Waals surface area (Å²) in [6.07, 6.45) is -1.60. The van der Waals surface area contributed by atoms with Gasteiger partial charge in [-0.15, -0.1) is 0 Å². The number of aliphatic carboxylic acids is 1. The molecule has 0 spiro atoms. The van der Waals surface area contributed by atoms with E-state index in [1.54, 1.807) is 6.92 Å². The standard InChI is InChI=1S/C17H26N2O9/c1-4-27-13(22)7-11(17(26)28-5-2)14(16(24)25)18-15(23)12-6-10(21)8-19(12)9(3)20/h10-12,14,21H,4-8H2,1-3H3,(H,18,23)(H,24,25)/t10-,11-,12+,14+/m1/s1. The molecular weight excluding hydrogens is 376 g/mol. The van der Waals surface area contributed by atoms with Gasteiger partial charge in [-0.2, -0.15) is 0 Å². The molecule has 4 atom stereocenters. The van der Waals surface area contributed by atoms with E-state index in [2.05, 4.69) is 5.32 Å². The molecule has 0 saturated carbocycles. The molecule has 1 aliphatic heterocycles. The zero-order valence-electron chi connectivity index (χ0n) is 16.0. The molecule has 2 amide bonds. The maximum atomic E-state index is 12.6. The number of carbonyl (C=O) groups excluding carboxylic acids is 4. The van der Waals surface area contributed by atoms with Gasteiger partial charge in [0, 0.05) is 19.9 Å². The molecule has 0 radical (unpaired) electrons. The monoisotopic (exact) mass is 402 g/mol. The molecule has 11 nitrogen and oxygen atoms in total. The zero-order chi connectivity index (χ0) is 21.4. The summed E-state index contributed by atoms with van der Waals surface area (Å²) in [5.74, 6) is -6.17. The topological polar surface area (TPSA) is 160 Å². The number of carbonyl (C=O) groups is 5. The Bertz CT molecular complexity index is 622. The number of hydrogen-bond donors (Lipinski definition) is 3. The largest absolute Gasteiger partial charge is 0.480 e. The van der Waals surface area contributed by atoms with Crippen LogP contribution < -0.4 is 5.32 Å². The Labute approximate surface area is 162 Å². The highest BCUT2D eigenvalue weighted by molar-refractivity contribution is 5.93. The molecule has 11 heteroatoms. The predicted molar refractivity (Wildman–Crippen MR) is 92.7 cm³/mol. The number of amides is 2. The minimum atomic E-state index is -1.78. The van der Waals surface area contributed by atoms with Crippen molar-refractivity contribution in [3.05, 3.63) is 0 Å². The second-order valence-electron chi connectivity index (χ2n) is 6.27. The van der Waals surface area contributed by atoms with Gasteiger partial charge >= 0.3 is 17.9 Å². The summed E-state index contributed by atoms with van der Waals surface area (Å²) in [6, 6.07) is -2.86. The number of nitrogens with zero attached hydrogens (tertiary/aromatic N) is 1. The lowest BCUT2D eigenvalue weighted by Crippen LogP contribution is -2.54. The van der Waals surface area contributed by atoms with Crippen LogP contribution in [0.2, 0.25) is 0 Å². The van der Waals surface area contributed by atoms with E-state index in [-0.39, 0.29) is 26.2 Å². The molecule has 1 heterocycles.